The molecule has 0 saturated carbocycles. The van der Waals surface area contributed by atoms with Crippen molar-refractivity contribution in [3.63, 3.8) is 0 Å². The van der Waals surface area contributed by atoms with Crippen molar-refractivity contribution in [2.75, 3.05) is 13.1 Å². The molecule has 3 nitrogen and oxygen atoms in total. The molecule has 126 valence electrons. The minimum Gasteiger partial charge on any atom is -0.338 e. The quantitative estimate of drug-likeness (QED) is 0.847. The van der Waals surface area contributed by atoms with Crippen LogP contribution in [0.5, 0.6) is 0 Å². The Morgan fingerprint density at radius 3 is 2.38 bits per heavy atom. The second kappa shape index (κ2) is 7.31. The van der Waals surface area contributed by atoms with Crippen molar-refractivity contribution in [2.24, 2.45) is 0 Å². The van der Waals surface area contributed by atoms with Crippen LogP contribution in [0.25, 0.3) is 0 Å². The van der Waals surface area contributed by atoms with E-state index in [-0.39, 0.29) is 11.2 Å². The Balaban J connectivity index is 1.68. The average molecular weight is 341 g/mol. The van der Waals surface area contributed by atoms with Crippen molar-refractivity contribution >= 4 is 16.7 Å². The largest absolute Gasteiger partial charge is 0.338 e. The summed E-state index contributed by atoms with van der Waals surface area (Å²) < 4.78 is 12.1. The van der Waals surface area contributed by atoms with Crippen molar-refractivity contribution in [1.82, 2.24) is 4.90 Å². The van der Waals surface area contributed by atoms with Gasteiger partial charge in [-0.05, 0) is 36.2 Å². The van der Waals surface area contributed by atoms with Crippen molar-refractivity contribution < 1.29 is 9.00 Å². The summed E-state index contributed by atoms with van der Waals surface area (Å²) in [7, 11) is -1.01. The van der Waals surface area contributed by atoms with Crippen molar-refractivity contribution in [3.05, 3.63) is 65.7 Å². The van der Waals surface area contributed by atoms with E-state index in [9.17, 15) is 9.00 Å². The lowest BCUT2D eigenvalue weighted by Crippen LogP contribution is -2.28. The number of hydrogen-bond acceptors (Lipinski definition) is 2. The molecule has 2 aromatic rings. The molecule has 1 heterocycles. The number of rotatable bonds is 4. The number of likely N-dealkylation sites (tertiary alicyclic amines) is 1. The maximum absolute atomic E-state index is 12.7. The molecule has 0 aromatic heterocycles. The van der Waals surface area contributed by atoms with Crippen LogP contribution in [0.3, 0.4) is 0 Å². The standard InChI is InChI=1S/C20H23NO2S/c1-15(2)24(23)19-10-8-17(9-11-19)20(22)21-13-12-18(14-21)16-6-4-3-5-7-16/h3-11,15,18H,12-14H2,1-2H3/t18-,24-/m0/s1. The number of amides is 1. The summed E-state index contributed by atoms with van der Waals surface area (Å²) >= 11 is 0. The second-order valence-corrected chi connectivity index (χ2v) is 8.53. The molecule has 2 atom stereocenters. The molecule has 0 spiro atoms. The van der Waals surface area contributed by atoms with E-state index in [1.165, 1.54) is 5.56 Å². The zero-order chi connectivity index (χ0) is 17.1. The van der Waals surface area contributed by atoms with E-state index in [1.807, 2.05) is 49.1 Å². The maximum atomic E-state index is 12.7. The smallest absolute Gasteiger partial charge is 0.253 e. The molecule has 0 radical (unpaired) electrons. The number of carbonyl (C=O) groups excluding carboxylic acids is 1. The predicted molar refractivity (Wildman–Crippen MR) is 97.7 cm³/mol. The second-order valence-electron chi connectivity index (χ2n) is 6.52. The SMILES string of the molecule is CC(C)[S@](=O)c1ccc(C(=O)N2CC[C@H](c3ccccc3)C2)cc1. The lowest BCUT2D eigenvalue weighted by molar-refractivity contribution is 0.0790. The lowest BCUT2D eigenvalue weighted by Gasteiger charge is -2.17. The number of nitrogens with zero attached hydrogens (tertiary/aromatic N) is 1. The molecule has 1 aliphatic rings. The summed E-state index contributed by atoms with van der Waals surface area (Å²) in [5, 5.41) is 0.0803. The Morgan fingerprint density at radius 2 is 1.75 bits per heavy atom. The molecular weight excluding hydrogens is 318 g/mol. The van der Waals surface area contributed by atoms with Crippen LogP contribution in [0.2, 0.25) is 0 Å². The molecule has 1 saturated heterocycles. The van der Waals surface area contributed by atoms with Crippen LogP contribution in [0, 0.1) is 0 Å². The minimum absolute atomic E-state index is 0.0651. The van der Waals surface area contributed by atoms with Gasteiger partial charge in [0.05, 0.1) is 10.8 Å². The predicted octanol–water partition coefficient (Wildman–Crippen LogP) is 3.83. The molecule has 1 aliphatic heterocycles. The molecule has 1 fully saturated rings. The van der Waals surface area contributed by atoms with Gasteiger partial charge in [0, 0.05) is 34.7 Å². The molecule has 2 aromatic carbocycles. The van der Waals surface area contributed by atoms with Crippen LogP contribution in [-0.4, -0.2) is 33.4 Å². The Hall–Kier alpha value is -1.94. The van der Waals surface area contributed by atoms with E-state index < -0.39 is 10.8 Å². The van der Waals surface area contributed by atoms with E-state index in [0.717, 1.165) is 24.4 Å². The summed E-state index contributed by atoms with van der Waals surface area (Å²) in [6.45, 7) is 5.42. The lowest BCUT2D eigenvalue weighted by atomic mass is 9.99. The fraction of sp³-hybridized carbons (Fsp3) is 0.350. The maximum Gasteiger partial charge on any atom is 0.253 e. The third kappa shape index (κ3) is 3.59. The van der Waals surface area contributed by atoms with Crippen LogP contribution >= 0.6 is 0 Å². The topological polar surface area (TPSA) is 37.4 Å². The Kier molecular flexibility index (Phi) is 5.14. The van der Waals surface area contributed by atoms with Gasteiger partial charge in [-0.3, -0.25) is 9.00 Å². The van der Waals surface area contributed by atoms with Crippen LogP contribution in [0.4, 0.5) is 0 Å². The first-order chi connectivity index (χ1) is 11.6. The van der Waals surface area contributed by atoms with Gasteiger partial charge in [-0.25, -0.2) is 0 Å². The molecule has 24 heavy (non-hydrogen) atoms. The van der Waals surface area contributed by atoms with Gasteiger partial charge in [0.1, 0.15) is 0 Å². The summed E-state index contributed by atoms with van der Waals surface area (Å²) in [5.74, 6) is 0.484. The Morgan fingerprint density at radius 1 is 1.08 bits per heavy atom. The first-order valence-corrected chi connectivity index (χ1v) is 9.62. The van der Waals surface area contributed by atoms with Crippen LogP contribution < -0.4 is 0 Å². The van der Waals surface area contributed by atoms with Gasteiger partial charge in [-0.15, -0.1) is 0 Å². The molecular formula is C20H23NO2S. The van der Waals surface area contributed by atoms with Gasteiger partial charge < -0.3 is 4.90 Å². The average Bonchev–Trinajstić information content (AvgIpc) is 3.11. The zero-order valence-corrected chi connectivity index (χ0v) is 15.0. The monoisotopic (exact) mass is 341 g/mol. The zero-order valence-electron chi connectivity index (χ0n) is 14.1. The molecule has 0 aliphatic carbocycles. The van der Waals surface area contributed by atoms with Crippen LogP contribution in [0.1, 0.15) is 42.1 Å². The van der Waals surface area contributed by atoms with E-state index in [4.69, 9.17) is 0 Å². The van der Waals surface area contributed by atoms with Crippen LogP contribution in [-0.2, 0) is 10.8 Å². The first-order valence-electron chi connectivity index (χ1n) is 8.41. The van der Waals surface area contributed by atoms with Gasteiger partial charge in [0.15, 0.2) is 0 Å². The highest BCUT2D eigenvalue weighted by Gasteiger charge is 2.27. The van der Waals surface area contributed by atoms with Crippen molar-refractivity contribution in [3.8, 4) is 0 Å². The van der Waals surface area contributed by atoms with Crippen molar-refractivity contribution in [2.45, 2.75) is 36.3 Å². The molecule has 1 amide bonds. The van der Waals surface area contributed by atoms with Gasteiger partial charge in [0.25, 0.3) is 5.91 Å². The normalized spacial score (nSPS) is 18.8. The molecule has 0 bridgehead atoms. The van der Waals surface area contributed by atoms with Crippen molar-refractivity contribution in [1.29, 1.82) is 0 Å². The summed E-state index contributed by atoms with van der Waals surface area (Å²) in [4.78, 5) is 15.4. The van der Waals surface area contributed by atoms with Crippen LogP contribution in [0.15, 0.2) is 59.5 Å². The summed E-state index contributed by atoms with van der Waals surface area (Å²) in [5.41, 5.74) is 1.98. The van der Waals surface area contributed by atoms with Gasteiger partial charge in [0.2, 0.25) is 0 Å². The van der Waals surface area contributed by atoms with E-state index in [1.54, 1.807) is 12.1 Å². The van der Waals surface area contributed by atoms with E-state index in [2.05, 4.69) is 12.1 Å². The highest BCUT2D eigenvalue weighted by molar-refractivity contribution is 7.85. The summed E-state index contributed by atoms with van der Waals surface area (Å²) in [6, 6.07) is 17.6. The van der Waals surface area contributed by atoms with Gasteiger partial charge in [-0.2, -0.15) is 0 Å². The third-order valence-electron chi connectivity index (χ3n) is 4.51. The Labute approximate surface area is 146 Å². The summed E-state index contributed by atoms with van der Waals surface area (Å²) in [6.07, 6.45) is 1.01. The molecule has 0 N–H and O–H groups in total. The molecule has 3 rings (SSSR count). The van der Waals surface area contributed by atoms with E-state index >= 15 is 0 Å². The third-order valence-corrected chi connectivity index (χ3v) is 6.10. The molecule has 4 heteroatoms. The molecule has 0 unspecified atom stereocenters. The van der Waals surface area contributed by atoms with Gasteiger partial charge in [-0.1, -0.05) is 44.2 Å². The Bertz CT molecular complexity index is 725. The van der Waals surface area contributed by atoms with E-state index in [0.29, 0.717) is 11.5 Å². The first kappa shape index (κ1) is 16.9. The number of benzene rings is 2. The fourth-order valence-corrected chi connectivity index (χ4v) is 4.08. The fourth-order valence-electron chi connectivity index (χ4n) is 3.13. The number of hydrogen-bond donors (Lipinski definition) is 0. The minimum atomic E-state index is -1.01. The highest BCUT2D eigenvalue weighted by atomic mass is 32.2. The number of carbonyl (C=O) groups is 1. The highest BCUT2D eigenvalue weighted by Crippen LogP contribution is 2.28. The van der Waals surface area contributed by atoms with Gasteiger partial charge >= 0.3 is 0 Å².